The van der Waals surface area contributed by atoms with Gasteiger partial charge in [0.2, 0.25) is 0 Å². The maximum Gasteiger partial charge on any atom is 0.182 e. The standard InChI is InChI=1S/C16H12BrFN2S/c1-21-14-8-2-11(3-9-14)15-10-19-16(17)20(15)13-6-4-12(18)5-7-13/h2-10H,1H3. The van der Waals surface area contributed by atoms with E-state index in [0.717, 1.165) is 16.9 Å². The van der Waals surface area contributed by atoms with Crippen molar-refractivity contribution in [1.82, 2.24) is 9.55 Å². The lowest BCUT2D eigenvalue weighted by Crippen LogP contribution is -1.97. The summed E-state index contributed by atoms with van der Waals surface area (Å²) in [7, 11) is 0. The highest BCUT2D eigenvalue weighted by Gasteiger charge is 2.11. The van der Waals surface area contributed by atoms with E-state index >= 15 is 0 Å². The number of benzene rings is 2. The molecule has 5 heteroatoms. The minimum absolute atomic E-state index is 0.249. The van der Waals surface area contributed by atoms with E-state index in [2.05, 4.69) is 45.2 Å². The zero-order valence-electron chi connectivity index (χ0n) is 11.3. The highest BCUT2D eigenvalue weighted by molar-refractivity contribution is 9.10. The quantitative estimate of drug-likeness (QED) is 0.598. The van der Waals surface area contributed by atoms with E-state index in [1.54, 1.807) is 23.9 Å². The Bertz CT molecular complexity index is 751. The van der Waals surface area contributed by atoms with Gasteiger partial charge in [-0.1, -0.05) is 12.1 Å². The second-order valence-corrected chi connectivity index (χ2v) is 6.04. The van der Waals surface area contributed by atoms with Crippen molar-refractivity contribution in [3.8, 4) is 16.9 Å². The van der Waals surface area contributed by atoms with Crippen LogP contribution in [0.4, 0.5) is 4.39 Å². The molecule has 0 N–H and O–H groups in total. The van der Waals surface area contributed by atoms with E-state index in [1.807, 2.05) is 17.0 Å². The fraction of sp³-hybridized carbons (Fsp3) is 0.0625. The fourth-order valence-electron chi connectivity index (χ4n) is 2.13. The molecule has 0 aliphatic rings. The molecular formula is C16H12BrFN2S. The summed E-state index contributed by atoms with van der Waals surface area (Å²) < 4.78 is 15.7. The van der Waals surface area contributed by atoms with E-state index in [1.165, 1.54) is 17.0 Å². The molecule has 0 atom stereocenters. The van der Waals surface area contributed by atoms with E-state index in [0.29, 0.717) is 4.73 Å². The Balaban J connectivity index is 2.09. The molecule has 3 aromatic rings. The molecule has 0 saturated heterocycles. The van der Waals surface area contributed by atoms with Gasteiger partial charge in [0.1, 0.15) is 5.82 Å². The minimum atomic E-state index is -0.249. The van der Waals surface area contributed by atoms with Crippen LogP contribution in [-0.4, -0.2) is 15.8 Å². The van der Waals surface area contributed by atoms with E-state index in [-0.39, 0.29) is 5.82 Å². The average molecular weight is 363 g/mol. The van der Waals surface area contributed by atoms with Crippen LogP contribution in [0, 0.1) is 5.82 Å². The van der Waals surface area contributed by atoms with Crippen LogP contribution in [0.25, 0.3) is 16.9 Å². The monoisotopic (exact) mass is 362 g/mol. The van der Waals surface area contributed by atoms with Gasteiger partial charge in [-0.25, -0.2) is 9.37 Å². The molecule has 21 heavy (non-hydrogen) atoms. The molecule has 0 bridgehead atoms. The molecule has 0 aliphatic carbocycles. The van der Waals surface area contributed by atoms with E-state index < -0.39 is 0 Å². The predicted molar refractivity (Wildman–Crippen MR) is 88.4 cm³/mol. The van der Waals surface area contributed by atoms with E-state index in [9.17, 15) is 4.39 Å². The molecule has 0 amide bonds. The zero-order chi connectivity index (χ0) is 14.8. The molecule has 3 rings (SSSR count). The molecule has 1 heterocycles. The summed E-state index contributed by atoms with van der Waals surface area (Å²) in [5, 5.41) is 0. The molecule has 2 nitrogen and oxygen atoms in total. The Morgan fingerprint density at radius 2 is 1.71 bits per heavy atom. The summed E-state index contributed by atoms with van der Waals surface area (Å²) in [5.74, 6) is -0.249. The molecule has 0 fully saturated rings. The number of halogens is 2. The third-order valence-electron chi connectivity index (χ3n) is 3.19. The fourth-order valence-corrected chi connectivity index (χ4v) is 3.04. The van der Waals surface area contributed by atoms with Crippen molar-refractivity contribution in [2.75, 3.05) is 6.26 Å². The van der Waals surface area contributed by atoms with Gasteiger partial charge in [0.25, 0.3) is 0 Å². The third kappa shape index (κ3) is 2.89. The van der Waals surface area contributed by atoms with Crippen molar-refractivity contribution in [2.45, 2.75) is 4.90 Å². The predicted octanol–water partition coefficient (Wildman–Crippen LogP) is 5.16. The Kier molecular flexibility index (Phi) is 4.12. The van der Waals surface area contributed by atoms with Crippen molar-refractivity contribution in [3.05, 3.63) is 65.3 Å². The Morgan fingerprint density at radius 1 is 1.05 bits per heavy atom. The van der Waals surface area contributed by atoms with Crippen LogP contribution >= 0.6 is 27.7 Å². The maximum absolute atomic E-state index is 13.1. The molecule has 1 aromatic heterocycles. The molecule has 2 aromatic carbocycles. The van der Waals surface area contributed by atoms with Gasteiger partial charge < -0.3 is 0 Å². The van der Waals surface area contributed by atoms with Gasteiger partial charge in [0.15, 0.2) is 4.73 Å². The van der Waals surface area contributed by atoms with Gasteiger partial charge in [-0.3, -0.25) is 4.57 Å². The molecule has 0 spiro atoms. The van der Waals surface area contributed by atoms with Crippen molar-refractivity contribution in [2.24, 2.45) is 0 Å². The van der Waals surface area contributed by atoms with Gasteiger partial charge in [-0.2, -0.15) is 0 Å². The number of hydrogen-bond donors (Lipinski definition) is 0. The lowest BCUT2D eigenvalue weighted by molar-refractivity contribution is 0.627. The lowest BCUT2D eigenvalue weighted by Gasteiger charge is -2.10. The molecule has 0 radical (unpaired) electrons. The SMILES string of the molecule is CSc1ccc(-c2cnc(Br)n2-c2ccc(F)cc2)cc1. The molecule has 0 saturated carbocycles. The topological polar surface area (TPSA) is 17.8 Å². The van der Waals surface area contributed by atoms with Crippen LogP contribution < -0.4 is 0 Å². The Labute approximate surface area is 135 Å². The molecule has 0 unspecified atom stereocenters. The Hall–Kier alpha value is -1.59. The summed E-state index contributed by atoms with van der Waals surface area (Å²) in [5.41, 5.74) is 2.89. The van der Waals surface area contributed by atoms with Crippen LogP contribution in [-0.2, 0) is 0 Å². The zero-order valence-corrected chi connectivity index (χ0v) is 13.7. The highest BCUT2D eigenvalue weighted by Crippen LogP contribution is 2.29. The molecule has 106 valence electrons. The van der Waals surface area contributed by atoms with Crippen molar-refractivity contribution >= 4 is 27.7 Å². The van der Waals surface area contributed by atoms with Crippen molar-refractivity contribution in [3.63, 3.8) is 0 Å². The van der Waals surface area contributed by atoms with E-state index in [4.69, 9.17) is 0 Å². The number of nitrogens with zero attached hydrogens (tertiary/aromatic N) is 2. The van der Waals surface area contributed by atoms with Crippen LogP contribution in [0.5, 0.6) is 0 Å². The lowest BCUT2D eigenvalue weighted by atomic mass is 10.1. The smallest absolute Gasteiger partial charge is 0.182 e. The van der Waals surface area contributed by atoms with Gasteiger partial charge in [-0.05, 0) is 58.6 Å². The summed E-state index contributed by atoms with van der Waals surface area (Å²) in [4.78, 5) is 5.53. The minimum Gasteiger partial charge on any atom is -0.287 e. The summed E-state index contributed by atoms with van der Waals surface area (Å²) >= 11 is 5.16. The second-order valence-electron chi connectivity index (χ2n) is 4.45. The highest BCUT2D eigenvalue weighted by atomic mass is 79.9. The average Bonchev–Trinajstić information content (AvgIpc) is 2.90. The van der Waals surface area contributed by atoms with Crippen LogP contribution in [0.1, 0.15) is 0 Å². The summed E-state index contributed by atoms with van der Waals surface area (Å²) in [6, 6.07) is 14.7. The molecule has 0 aliphatic heterocycles. The van der Waals surface area contributed by atoms with Crippen LogP contribution in [0.3, 0.4) is 0 Å². The Morgan fingerprint density at radius 3 is 2.33 bits per heavy atom. The summed E-state index contributed by atoms with van der Waals surface area (Å²) in [6.45, 7) is 0. The van der Waals surface area contributed by atoms with Crippen LogP contribution in [0.2, 0.25) is 0 Å². The normalized spacial score (nSPS) is 10.8. The second kappa shape index (κ2) is 6.03. The van der Waals surface area contributed by atoms with Crippen molar-refractivity contribution < 1.29 is 4.39 Å². The first-order valence-corrected chi connectivity index (χ1v) is 8.34. The largest absolute Gasteiger partial charge is 0.287 e. The van der Waals surface area contributed by atoms with Gasteiger partial charge >= 0.3 is 0 Å². The number of rotatable bonds is 3. The van der Waals surface area contributed by atoms with Crippen molar-refractivity contribution in [1.29, 1.82) is 0 Å². The van der Waals surface area contributed by atoms with Gasteiger partial charge in [0.05, 0.1) is 11.9 Å². The van der Waals surface area contributed by atoms with Gasteiger partial charge in [0, 0.05) is 16.1 Å². The first-order chi connectivity index (χ1) is 10.2. The van der Waals surface area contributed by atoms with Crippen LogP contribution in [0.15, 0.2) is 64.4 Å². The number of thioether (sulfide) groups is 1. The molecular weight excluding hydrogens is 351 g/mol. The number of imidazole rings is 1. The first-order valence-electron chi connectivity index (χ1n) is 6.32. The maximum atomic E-state index is 13.1. The van der Waals surface area contributed by atoms with Gasteiger partial charge in [-0.15, -0.1) is 11.8 Å². The number of aromatic nitrogens is 2. The number of hydrogen-bond acceptors (Lipinski definition) is 2. The first kappa shape index (κ1) is 14.4. The summed E-state index contributed by atoms with van der Waals surface area (Å²) in [6.07, 6.45) is 3.86. The third-order valence-corrected chi connectivity index (χ3v) is 4.49.